The molecule has 0 amide bonds. The van der Waals surface area contributed by atoms with Gasteiger partial charge in [0.2, 0.25) is 0 Å². The normalized spacial score (nSPS) is 17.9. The molecule has 4 nitrogen and oxygen atoms in total. The Hall–Kier alpha value is -0.570. The second-order valence-electron chi connectivity index (χ2n) is 1.87. The highest BCUT2D eigenvalue weighted by Crippen LogP contribution is 2.29. The van der Waals surface area contributed by atoms with Crippen LogP contribution in [0.3, 0.4) is 0 Å². The summed E-state index contributed by atoms with van der Waals surface area (Å²) < 4.78 is 63.7. The van der Waals surface area contributed by atoms with E-state index in [1.54, 1.807) is 0 Å². The Labute approximate surface area is 76.0 Å². The smallest absolute Gasteiger partial charge is 0.390 e. The van der Waals surface area contributed by atoms with Crippen LogP contribution in [0.15, 0.2) is 12.0 Å². The van der Waals surface area contributed by atoms with Crippen molar-refractivity contribution in [3.05, 3.63) is 12.0 Å². The summed E-state index contributed by atoms with van der Waals surface area (Å²) in [5, 5.41) is 0. The zero-order valence-electron chi connectivity index (χ0n) is 5.87. The van der Waals surface area contributed by atoms with Gasteiger partial charge in [-0.25, -0.2) is 0 Å². The summed E-state index contributed by atoms with van der Waals surface area (Å²) in [6.07, 6.45) is 1.09. The van der Waals surface area contributed by atoms with Gasteiger partial charge in [0.05, 0.1) is 17.8 Å². The Morgan fingerprint density at radius 3 is 2.54 bits per heavy atom. The van der Waals surface area contributed by atoms with E-state index in [0.717, 1.165) is 18.1 Å². The van der Waals surface area contributed by atoms with Gasteiger partial charge in [0, 0.05) is 6.08 Å². The molecule has 0 bridgehead atoms. The number of hydrogen-bond donors (Lipinski definition) is 0. The van der Waals surface area contributed by atoms with E-state index in [4.69, 9.17) is 0 Å². The first-order valence-electron chi connectivity index (χ1n) is 2.83. The van der Waals surface area contributed by atoms with Gasteiger partial charge in [0.1, 0.15) is 0 Å². The first kappa shape index (κ1) is 10.5. The molecular formula is C4H3F3O4S2. The number of hydrogen-bond acceptors (Lipinski definition) is 5. The summed E-state index contributed by atoms with van der Waals surface area (Å²) in [7, 11) is -5.59. The Morgan fingerprint density at radius 1 is 1.54 bits per heavy atom. The summed E-state index contributed by atoms with van der Waals surface area (Å²) in [5.74, 6) is -0.398. The van der Waals surface area contributed by atoms with Crippen LogP contribution in [0.25, 0.3) is 0 Å². The quantitative estimate of drug-likeness (QED) is 0.412. The predicted molar refractivity (Wildman–Crippen MR) is 37.7 cm³/mol. The van der Waals surface area contributed by atoms with Crippen molar-refractivity contribution in [3.63, 3.8) is 0 Å². The van der Waals surface area contributed by atoms with Crippen LogP contribution in [-0.2, 0) is 18.5 Å². The van der Waals surface area contributed by atoms with Crippen LogP contribution in [-0.4, -0.2) is 19.7 Å². The molecule has 13 heavy (non-hydrogen) atoms. The minimum absolute atomic E-state index is 0.253. The van der Waals surface area contributed by atoms with Crippen LogP contribution in [0, 0.1) is 0 Å². The Balaban J connectivity index is 2.73. The van der Waals surface area contributed by atoms with Crippen molar-refractivity contribution in [1.29, 1.82) is 0 Å². The Kier molecular flexibility index (Phi) is 2.66. The lowest BCUT2D eigenvalue weighted by atomic mass is 10.7. The van der Waals surface area contributed by atoms with E-state index in [0.29, 0.717) is 0 Å². The highest BCUT2D eigenvalue weighted by atomic mass is 32.2. The third kappa shape index (κ3) is 2.44. The summed E-state index contributed by atoms with van der Waals surface area (Å²) in [4.78, 5) is 0. The van der Waals surface area contributed by atoms with E-state index < -0.39 is 21.6 Å². The molecule has 0 saturated heterocycles. The molecule has 0 spiro atoms. The van der Waals surface area contributed by atoms with E-state index in [2.05, 4.69) is 8.37 Å². The first-order valence-corrected chi connectivity index (χ1v) is 5.15. The molecule has 0 atom stereocenters. The minimum Gasteiger partial charge on any atom is -0.390 e. The van der Waals surface area contributed by atoms with Crippen LogP contribution in [0.2, 0.25) is 0 Å². The highest BCUT2D eigenvalue weighted by molar-refractivity contribution is 7.95. The monoisotopic (exact) mass is 236 g/mol. The molecule has 1 aliphatic rings. The van der Waals surface area contributed by atoms with Crippen LogP contribution in [0.1, 0.15) is 0 Å². The average Bonchev–Trinajstić information content (AvgIpc) is 2.35. The van der Waals surface area contributed by atoms with E-state index >= 15 is 0 Å². The maximum atomic E-state index is 11.7. The zero-order chi connectivity index (χ0) is 10.1. The molecule has 1 heterocycles. The molecule has 0 fully saturated rings. The van der Waals surface area contributed by atoms with E-state index in [-0.39, 0.29) is 5.75 Å². The second kappa shape index (κ2) is 3.29. The number of halogens is 3. The predicted octanol–water partition coefficient (Wildman–Crippen LogP) is 1.37. The van der Waals surface area contributed by atoms with Gasteiger partial charge in [-0.05, 0) is 0 Å². The molecule has 0 N–H and O–H groups in total. The zero-order valence-corrected chi connectivity index (χ0v) is 7.50. The fraction of sp³-hybridized carbons (Fsp3) is 0.500. The van der Waals surface area contributed by atoms with Crippen molar-refractivity contribution in [3.8, 4) is 0 Å². The van der Waals surface area contributed by atoms with Gasteiger partial charge < -0.3 is 8.37 Å². The van der Waals surface area contributed by atoms with Crippen molar-refractivity contribution in [2.45, 2.75) is 5.51 Å². The SMILES string of the molecule is O=S(=O)(OC1=CCSO1)C(F)(F)F. The summed E-state index contributed by atoms with van der Waals surface area (Å²) in [5.41, 5.74) is -5.43. The molecule has 1 rings (SSSR count). The van der Waals surface area contributed by atoms with Gasteiger partial charge >= 0.3 is 21.6 Å². The van der Waals surface area contributed by atoms with E-state index in [9.17, 15) is 21.6 Å². The largest absolute Gasteiger partial charge is 0.534 e. The molecule has 0 aromatic carbocycles. The molecule has 0 unspecified atom stereocenters. The van der Waals surface area contributed by atoms with E-state index in [1.165, 1.54) is 0 Å². The van der Waals surface area contributed by atoms with Crippen LogP contribution < -0.4 is 0 Å². The van der Waals surface area contributed by atoms with Gasteiger partial charge in [-0.3, -0.25) is 0 Å². The van der Waals surface area contributed by atoms with Gasteiger partial charge in [-0.2, -0.15) is 21.6 Å². The topological polar surface area (TPSA) is 52.6 Å². The van der Waals surface area contributed by atoms with Crippen molar-refractivity contribution >= 4 is 22.2 Å². The molecule has 0 aromatic heterocycles. The van der Waals surface area contributed by atoms with Gasteiger partial charge in [0.15, 0.2) is 0 Å². The molecule has 9 heteroatoms. The molecule has 0 radical (unpaired) electrons. The molecular weight excluding hydrogens is 233 g/mol. The lowest BCUT2D eigenvalue weighted by Gasteiger charge is -2.08. The minimum atomic E-state index is -5.59. The van der Waals surface area contributed by atoms with Crippen LogP contribution in [0.5, 0.6) is 0 Å². The lowest BCUT2D eigenvalue weighted by molar-refractivity contribution is -0.0538. The van der Waals surface area contributed by atoms with Crippen LogP contribution >= 0.6 is 12.0 Å². The average molecular weight is 236 g/mol. The van der Waals surface area contributed by atoms with Crippen molar-refractivity contribution in [1.82, 2.24) is 0 Å². The van der Waals surface area contributed by atoms with Gasteiger partial charge in [-0.15, -0.1) is 0 Å². The Morgan fingerprint density at radius 2 is 2.15 bits per heavy atom. The summed E-state index contributed by atoms with van der Waals surface area (Å²) in [6, 6.07) is 0. The molecule has 0 aliphatic carbocycles. The third-order valence-electron chi connectivity index (χ3n) is 0.934. The highest BCUT2D eigenvalue weighted by Gasteiger charge is 2.49. The first-order chi connectivity index (χ1) is 5.83. The molecule has 0 saturated carbocycles. The fourth-order valence-electron chi connectivity index (χ4n) is 0.431. The molecule has 1 aliphatic heterocycles. The third-order valence-corrected chi connectivity index (χ3v) is 2.47. The lowest BCUT2D eigenvalue weighted by Crippen LogP contribution is -2.25. The molecule has 0 aromatic rings. The van der Waals surface area contributed by atoms with E-state index in [1.807, 2.05) is 0 Å². The van der Waals surface area contributed by atoms with Gasteiger partial charge in [-0.1, -0.05) is 0 Å². The maximum Gasteiger partial charge on any atom is 0.534 e. The van der Waals surface area contributed by atoms with Crippen molar-refractivity contribution < 1.29 is 30.0 Å². The van der Waals surface area contributed by atoms with Gasteiger partial charge in [0.25, 0.3) is 0 Å². The maximum absolute atomic E-state index is 11.7. The second-order valence-corrected chi connectivity index (χ2v) is 4.15. The number of alkyl halides is 3. The standard InChI is InChI=1S/C4H3F3O4S2/c5-4(6,7)13(8,9)11-3-1-2-12-10-3/h1H,2H2. The number of rotatable bonds is 2. The van der Waals surface area contributed by atoms with Crippen LogP contribution in [0.4, 0.5) is 13.2 Å². The van der Waals surface area contributed by atoms with Crippen molar-refractivity contribution in [2.24, 2.45) is 0 Å². The summed E-state index contributed by atoms with van der Waals surface area (Å²) >= 11 is 0.784. The molecule has 76 valence electrons. The fourth-order valence-corrected chi connectivity index (χ4v) is 1.38. The van der Waals surface area contributed by atoms with Crippen molar-refractivity contribution in [2.75, 3.05) is 5.75 Å². The summed E-state index contributed by atoms with van der Waals surface area (Å²) in [6.45, 7) is 0. The Bertz CT molecular complexity index is 317.